The van der Waals surface area contributed by atoms with Gasteiger partial charge >= 0.3 is 0 Å². The Morgan fingerprint density at radius 2 is 1.34 bits per heavy atom. The summed E-state index contributed by atoms with van der Waals surface area (Å²) in [7, 11) is 1.19. The molecular formula is C28H29F3O. The van der Waals surface area contributed by atoms with Crippen molar-refractivity contribution in [1.29, 1.82) is 0 Å². The van der Waals surface area contributed by atoms with E-state index >= 15 is 0 Å². The van der Waals surface area contributed by atoms with E-state index in [0.717, 1.165) is 29.2 Å². The summed E-state index contributed by atoms with van der Waals surface area (Å²) in [5.74, 6) is -1.22. The molecule has 0 saturated heterocycles. The molecule has 0 amide bonds. The van der Waals surface area contributed by atoms with Crippen LogP contribution in [0.25, 0.3) is 22.3 Å². The van der Waals surface area contributed by atoms with E-state index in [-0.39, 0.29) is 11.1 Å². The third kappa shape index (κ3) is 4.69. The minimum absolute atomic E-state index is 0.138. The maximum Gasteiger partial charge on any atom is 0.190 e. The second-order valence-corrected chi connectivity index (χ2v) is 8.80. The van der Waals surface area contributed by atoms with Crippen LogP contribution in [0, 0.1) is 23.4 Å². The van der Waals surface area contributed by atoms with E-state index in [4.69, 9.17) is 4.74 Å². The molecule has 0 aliphatic heterocycles. The van der Waals surface area contributed by atoms with Crippen molar-refractivity contribution in [2.75, 3.05) is 7.11 Å². The van der Waals surface area contributed by atoms with Gasteiger partial charge in [0.05, 0.1) is 7.11 Å². The molecule has 168 valence electrons. The zero-order chi connectivity index (χ0) is 22.7. The molecule has 1 aliphatic carbocycles. The summed E-state index contributed by atoms with van der Waals surface area (Å²) in [5.41, 5.74) is 3.29. The van der Waals surface area contributed by atoms with Crippen molar-refractivity contribution < 1.29 is 17.9 Å². The van der Waals surface area contributed by atoms with Gasteiger partial charge in [-0.15, -0.1) is 0 Å². The van der Waals surface area contributed by atoms with E-state index in [9.17, 15) is 13.2 Å². The molecule has 0 bridgehead atoms. The van der Waals surface area contributed by atoms with Crippen molar-refractivity contribution in [3.63, 3.8) is 0 Å². The third-order valence-electron chi connectivity index (χ3n) is 6.74. The second kappa shape index (κ2) is 9.81. The third-order valence-corrected chi connectivity index (χ3v) is 6.74. The van der Waals surface area contributed by atoms with Crippen molar-refractivity contribution >= 4 is 0 Å². The molecule has 0 heterocycles. The van der Waals surface area contributed by atoms with Crippen LogP contribution in [0.1, 0.15) is 56.9 Å². The Kier molecular flexibility index (Phi) is 6.88. The lowest BCUT2D eigenvalue weighted by Gasteiger charge is -2.28. The van der Waals surface area contributed by atoms with Crippen LogP contribution in [0.5, 0.6) is 5.75 Å². The van der Waals surface area contributed by atoms with Gasteiger partial charge in [-0.1, -0.05) is 56.2 Å². The van der Waals surface area contributed by atoms with Gasteiger partial charge < -0.3 is 4.74 Å². The number of hydrogen-bond donors (Lipinski definition) is 0. The first kappa shape index (κ1) is 22.4. The highest BCUT2D eigenvalue weighted by Gasteiger charge is 2.22. The number of ether oxygens (including phenoxy) is 1. The molecule has 0 radical (unpaired) electrons. The topological polar surface area (TPSA) is 9.23 Å². The minimum Gasteiger partial charge on any atom is -0.491 e. The fraction of sp³-hybridized carbons (Fsp3) is 0.357. The monoisotopic (exact) mass is 438 g/mol. The van der Waals surface area contributed by atoms with E-state index < -0.39 is 23.2 Å². The summed E-state index contributed by atoms with van der Waals surface area (Å²) >= 11 is 0. The zero-order valence-electron chi connectivity index (χ0n) is 18.6. The summed E-state index contributed by atoms with van der Waals surface area (Å²) in [6.07, 6.45) is 7.69. The maximum absolute atomic E-state index is 14.9. The molecule has 0 aromatic heterocycles. The van der Waals surface area contributed by atoms with Gasteiger partial charge in [-0.3, -0.25) is 0 Å². The van der Waals surface area contributed by atoms with Gasteiger partial charge in [-0.25, -0.2) is 13.2 Å². The van der Waals surface area contributed by atoms with Crippen LogP contribution in [-0.4, -0.2) is 7.11 Å². The van der Waals surface area contributed by atoms with Crippen molar-refractivity contribution in [3.05, 3.63) is 77.6 Å². The molecule has 0 atom stereocenters. The van der Waals surface area contributed by atoms with E-state index in [2.05, 4.69) is 19.1 Å². The standard InChI is InChI=1S/C28H29F3O/c1-3-4-18-5-7-19(8-6-18)20-9-11-21(12-10-20)22-13-14-24(25(29)15-22)23-16-26(30)28(32-2)27(31)17-23/h9-19H,3-8H2,1-2H3. The largest absolute Gasteiger partial charge is 0.491 e. The van der Waals surface area contributed by atoms with Gasteiger partial charge in [0, 0.05) is 5.56 Å². The lowest BCUT2D eigenvalue weighted by Crippen LogP contribution is -2.13. The fourth-order valence-electron chi connectivity index (χ4n) is 4.98. The fourth-order valence-corrected chi connectivity index (χ4v) is 4.98. The molecule has 3 aromatic rings. The number of methoxy groups -OCH3 is 1. The number of rotatable bonds is 6. The molecule has 3 aromatic carbocycles. The highest BCUT2D eigenvalue weighted by molar-refractivity contribution is 5.71. The van der Waals surface area contributed by atoms with Gasteiger partial charge in [-0.05, 0) is 78.0 Å². The first-order valence-corrected chi connectivity index (χ1v) is 11.4. The van der Waals surface area contributed by atoms with Gasteiger partial charge in [0.1, 0.15) is 5.82 Å². The summed E-state index contributed by atoms with van der Waals surface area (Å²) in [5, 5.41) is 0. The minimum atomic E-state index is -0.856. The number of hydrogen-bond acceptors (Lipinski definition) is 1. The second-order valence-electron chi connectivity index (χ2n) is 8.80. The highest BCUT2D eigenvalue weighted by Crippen LogP contribution is 2.38. The van der Waals surface area contributed by atoms with Crippen LogP contribution in [0.15, 0.2) is 54.6 Å². The predicted octanol–water partition coefficient (Wildman–Crippen LogP) is 8.52. The average molecular weight is 439 g/mol. The Hall–Kier alpha value is -2.75. The quantitative estimate of drug-likeness (QED) is 0.375. The van der Waals surface area contributed by atoms with Crippen LogP contribution < -0.4 is 4.74 Å². The smallest absolute Gasteiger partial charge is 0.190 e. The SMILES string of the molecule is CCCC1CCC(c2ccc(-c3ccc(-c4cc(F)c(OC)c(F)c4)c(F)c3)cc2)CC1. The maximum atomic E-state index is 14.9. The van der Waals surface area contributed by atoms with E-state index in [1.807, 2.05) is 12.1 Å². The van der Waals surface area contributed by atoms with Gasteiger partial charge in [0.15, 0.2) is 17.4 Å². The van der Waals surface area contributed by atoms with E-state index in [1.54, 1.807) is 12.1 Å². The molecule has 1 fully saturated rings. The Morgan fingerprint density at radius 3 is 1.91 bits per heavy atom. The summed E-state index contributed by atoms with van der Waals surface area (Å²) in [6, 6.07) is 15.3. The Morgan fingerprint density at radius 1 is 0.750 bits per heavy atom. The first-order chi connectivity index (χ1) is 15.5. The molecule has 4 rings (SSSR count). The molecule has 1 nitrogen and oxygen atoms in total. The number of halogens is 3. The molecule has 1 saturated carbocycles. The Balaban J connectivity index is 1.51. The van der Waals surface area contributed by atoms with Gasteiger partial charge in [0.25, 0.3) is 0 Å². The lowest BCUT2D eigenvalue weighted by molar-refractivity contribution is 0.308. The Bertz CT molecular complexity index is 1040. The summed E-state index contributed by atoms with van der Waals surface area (Å²) in [4.78, 5) is 0. The van der Waals surface area contributed by atoms with Crippen LogP contribution in [-0.2, 0) is 0 Å². The average Bonchev–Trinajstić information content (AvgIpc) is 2.80. The molecule has 0 N–H and O–H groups in total. The highest BCUT2D eigenvalue weighted by atomic mass is 19.1. The van der Waals surface area contributed by atoms with Crippen molar-refractivity contribution in [2.24, 2.45) is 5.92 Å². The molecular weight excluding hydrogens is 409 g/mol. The van der Waals surface area contributed by atoms with E-state index in [0.29, 0.717) is 5.92 Å². The zero-order valence-corrected chi connectivity index (χ0v) is 18.6. The van der Waals surface area contributed by atoms with Crippen LogP contribution >= 0.6 is 0 Å². The Labute approximate surface area is 188 Å². The summed E-state index contributed by atoms with van der Waals surface area (Å²) < 4.78 is 47.6. The molecule has 1 aliphatic rings. The number of benzene rings is 3. The molecule has 0 spiro atoms. The van der Waals surface area contributed by atoms with Crippen LogP contribution in [0.4, 0.5) is 13.2 Å². The van der Waals surface area contributed by atoms with E-state index in [1.165, 1.54) is 57.3 Å². The van der Waals surface area contributed by atoms with Crippen molar-refractivity contribution in [3.8, 4) is 28.0 Å². The lowest BCUT2D eigenvalue weighted by atomic mass is 9.77. The predicted molar refractivity (Wildman–Crippen MR) is 123 cm³/mol. The van der Waals surface area contributed by atoms with Crippen molar-refractivity contribution in [1.82, 2.24) is 0 Å². The molecule has 32 heavy (non-hydrogen) atoms. The first-order valence-electron chi connectivity index (χ1n) is 11.4. The normalized spacial score (nSPS) is 18.5. The molecule has 4 heteroatoms. The van der Waals surface area contributed by atoms with Gasteiger partial charge in [0.2, 0.25) is 0 Å². The van der Waals surface area contributed by atoms with Crippen molar-refractivity contribution in [2.45, 2.75) is 51.4 Å². The molecule has 0 unspecified atom stereocenters. The summed E-state index contributed by atoms with van der Waals surface area (Å²) in [6.45, 7) is 2.26. The van der Waals surface area contributed by atoms with Gasteiger partial charge in [-0.2, -0.15) is 0 Å². The van der Waals surface area contributed by atoms with Crippen LogP contribution in [0.2, 0.25) is 0 Å². The van der Waals surface area contributed by atoms with Crippen LogP contribution in [0.3, 0.4) is 0 Å².